The quantitative estimate of drug-likeness (QED) is 0.289. The lowest BCUT2D eigenvalue weighted by Crippen LogP contribution is -2.55. The van der Waals surface area contributed by atoms with Gasteiger partial charge in [-0.1, -0.05) is 31.2 Å². The molecule has 220 valence electrons. The lowest BCUT2D eigenvalue weighted by molar-refractivity contribution is 0.285. The number of anilines is 1. The summed E-state index contributed by atoms with van der Waals surface area (Å²) in [5.74, 6) is 3.94. The fourth-order valence-corrected chi connectivity index (χ4v) is 7.45. The van der Waals surface area contributed by atoms with Crippen LogP contribution in [0.25, 0.3) is 10.8 Å². The number of nitrogens with zero attached hydrogens (tertiary/aromatic N) is 4. The number of hydrogen-bond acceptors (Lipinski definition) is 6. The van der Waals surface area contributed by atoms with Crippen LogP contribution in [-0.4, -0.2) is 64.8 Å². The van der Waals surface area contributed by atoms with Crippen molar-refractivity contribution >= 4 is 16.6 Å². The third kappa shape index (κ3) is 6.24. The van der Waals surface area contributed by atoms with Gasteiger partial charge >= 0.3 is 0 Å². The number of aryl methyl sites for hydroxylation is 2. The summed E-state index contributed by atoms with van der Waals surface area (Å²) in [6.07, 6.45) is 10.3. The maximum atomic E-state index is 10.3. The molecule has 0 radical (unpaired) electrons. The Morgan fingerprint density at radius 3 is 2.71 bits per heavy atom. The molecule has 1 aliphatic carbocycles. The summed E-state index contributed by atoms with van der Waals surface area (Å²) in [7, 11) is 2.30. The van der Waals surface area contributed by atoms with Crippen molar-refractivity contribution in [2.45, 2.75) is 103 Å². The Kier molecular flexibility index (Phi) is 8.50. The van der Waals surface area contributed by atoms with Crippen molar-refractivity contribution in [1.82, 2.24) is 20.2 Å². The molecule has 3 aromatic rings. The molecule has 1 aromatic heterocycles. The number of aromatic nitrogens is 2. The molecule has 1 saturated carbocycles. The maximum Gasteiger partial charge on any atom is 0.136 e. The Balaban J connectivity index is 1.22. The lowest BCUT2D eigenvalue weighted by Gasteiger charge is -2.39. The molecule has 2 unspecified atom stereocenters. The van der Waals surface area contributed by atoms with E-state index in [-0.39, 0.29) is 0 Å². The van der Waals surface area contributed by atoms with Gasteiger partial charge in [-0.25, -0.2) is 9.97 Å². The van der Waals surface area contributed by atoms with Crippen molar-refractivity contribution < 1.29 is 5.11 Å². The minimum absolute atomic E-state index is 0.359. The van der Waals surface area contributed by atoms with Gasteiger partial charge in [0.1, 0.15) is 17.4 Å². The molecule has 41 heavy (non-hydrogen) atoms. The second-order valence-corrected chi connectivity index (χ2v) is 13.1. The predicted octanol–water partition coefficient (Wildman–Crippen LogP) is 6.24. The molecule has 0 bridgehead atoms. The third-order valence-electron chi connectivity index (χ3n) is 10.0. The number of piperazine rings is 1. The van der Waals surface area contributed by atoms with Gasteiger partial charge in [-0.2, -0.15) is 0 Å². The number of aromatic hydroxyl groups is 1. The van der Waals surface area contributed by atoms with E-state index in [0.29, 0.717) is 23.8 Å². The van der Waals surface area contributed by atoms with Gasteiger partial charge in [-0.15, -0.1) is 0 Å². The fraction of sp³-hybridized carbons (Fsp3) is 0.600. The van der Waals surface area contributed by atoms with Crippen LogP contribution in [0.1, 0.15) is 87.9 Å². The number of benzene rings is 2. The third-order valence-corrected chi connectivity index (χ3v) is 10.0. The second kappa shape index (κ2) is 12.3. The van der Waals surface area contributed by atoms with Crippen LogP contribution < -0.4 is 10.2 Å². The van der Waals surface area contributed by atoms with Gasteiger partial charge in [0, 0.05) is 48.4 Å². The molecule has 6 heteroatoms. The maximum absolute atomic E-state index is 10.3. The van der Waals surface area contributed by atoms with Crippen molar-refractivity contribution in [3.63, 3.8) is 0 Å². The highest BCUT2D eigenvalue weighted by molar-refractivity contribution is 5.87. The van der Waals surface area contributed by atoms with E-state index in [0.717, 1.165) is 68.4 Å². The van der Waals surface area contributed by atoms with E-state index in [1.54, 1.807) is 0 Å². The zero-order valence-corrected chi connectivity index (χ0v) is 25.6. The smallest absolute Gasteiger partial charge is 0.136 e. The van der Waals surface area contributed by atoms with Gasteiger partial charge in [-0.05, 0) is 120 Å². The number of unbranched alkanes of at least 4 members (excludes halogenated alkanes) is 1. The topological polar surface area (TPSA) is 64.5 Å². The molecule has 0 spiro atoms. The van der Waals surface area contributed by atoms with Crippen LogP contribution in [0.3, 0.4) is 0 Å². The first-order valence-corrected chi connectivity index (χ1v) is 16.2. The molecule has 0 amide bonds. The van der Waals surface area contributed by atoms with Gasteiger partial charge in [-0.3, -0.25) is 0 Å². The molecule has 2 aromatic carbocycles. The van der Waals surface area contributed by atoms with Crippen LogP contribution in [0, 0.1) is 5.92 Å². The van der Waals surface area contributed by atoms with E-state index in [1.165, 1.54) is 60.3 Å². The van der Waals surface area contributed by atoms with Crippen LogP contribution in [0.5, 0.6) is 5.75 Å². The summed E-state index contributed by atoms with van der Waals surface area (Å²) in [6, 6.07) is 13.8. The van der Waals surface area contributed by atoms with E-state index in [4.69, 9.17) is 9.97 Å². The standard InChI is InChI=1S/C35H49N5O/c1-5-33-31(15-9-7-12-26-19-29(41)18-25-11-6-8-14-30(25)26)35(40-22-23(2)36-21-24(40)3)38-34(37-33)32-20-27(32)17-28-13-10-16-39(28)4/h6,8,11,14,18-19,23-24,27-28,32,36,41H,5,7,9-10,12-13,15-17,20-22H2,1-4H3/t23-,24+,27?,28+,32?/m1/s1. The van der Waals surface area contributed by atoms with Crippen molar-refractivity contribution in [3.8, 4) is 5.75 Å². The predicted molar refractivity (Wildman–Crippen MR) is 169 cm³/mol. The molecule has 6 nitrogen and oxygen atoms in total. The average Bonchev–Trinajstić information content (AvgIpc) is 3.63. The molecular weight excluding hydrogens is 506 g/mol. The number of rotatable bonds is 10. The zero-order chi connectivity index (χ0) is 28.5. The molecule has 3 aliphatic rings. The van der Waals surface area contributed by atoms with E-state index in [2.05, 4.69) is 61.1 Å². The van der Waals surface area contributed by atoms with E-state index in [9.17, 15) is 5.11 Å². The first-order chi connectivity index (χ1) is 19.9. The van der Waals surface area contributed by atoms with Gasteiger partial charge in [0.05, 0.1) is 0 Å². The first-order valence-electron chi connectivity index (χ1n) is 16.2. The largest absolute Gasteiger partial charge is 0.508 e. The van der Waals surface area contributed by atoms with Crippen molar-refractivity contribution in [2.75, 3.05) is 31.6 Å². The highest BCUT2D eigenvalue weighted by Crippen LogP contribution is 2.50. The fourth-order valence-electron chi connectivity index (χ4n) is 7.45. The number of likely N-dealkylation sites (tertiary alicyclic amines) is 1. The molecule has 3 fully saturated rings. The average molecular weight is 556 g/mol. The molecule has 2 saturated heterocycles. The molecule has 6 rings (SSSR count). The summed E-state index contributed by atoms with van der Waals surface area (Å²) in [5, 5.41) is 16.3. The summed E-state index contributed by atoms with van der Waals surface area (Å²) < 4.78 is 0. The Morgan fingerprint density at radius 2 is 1.90 bits per heavy atom. The van der Waals surface area contributed by atoms with Crippen molar-refractivity contribution in [2.24, 2.45) is 5.92 Å². The number of hydrogen-bond donors (Lipinski definition) is 2. The first kappa shape index (κ1) is 28.4. The molecule has 2 N–H and O–H groups in total. The Morgan fingerprint density at radius 1 is 1.07 bits per heavy atom. The SMILES string of the molecule is CCc1nc(C2CC2C[C@@H]2CCCN2C)nc(N2C[C@@H](C)NC[C@@H]2C)c1CCCCc1cc(O)cc2ccccc12. The minimum atomic E-state index is 0.359. The number of nitrogens with one attached hydrogen (secondary N) is 1. The Hall–Kier alpha value is -2.70. The van der Waals surface area contributed by atoms with Gasteiger partial charge in [0.15, 0.2) is 0 Å². The van der Waals surface area contributed by atoms with Crippen LogP contribution in [0.2, 0.25) is 0 Å². The molecule has 3 heterocycles. The summed E-state index contributed by atoms with van der Waals surface area (Å²) in [5.41, 5.74) is 3.86. The molecule has 5 atom stereocenters. The summed E-state index contributed by atoms with van der Waals surface area (Å²) >= 11 is 0. The van der Waals surface area contributed by atoms with Gasteiger partial charge < -0.3 is 20.2 Å². The number of phenolic OH excluding ortho intramolecular Hbond substituents is 1. The summed E-state index contributed by atoms with van der Waals surface area (Å²) in [4.78, 5) is 15.8. The summed E-state index contributed by atoms with van der Waals surface area (Å²) in [6.45, 7) is 10.1. The Labute approximate surface area is 246 Å². The molecule has 2 aliphatic heterocycles. The molecular formula is C35H49N5O. The highest BCUT2D eigenvalue weighted by atomic mass is 16.3. The van der Waals surface area contributed by atoms with Crippen LogP contribution >= 0.6 is 0 Å². The van der Waals surface area contributed by atoms with Crippen LogP contribution in [0.15, 0.2) is 36.4 Å². The van der Waals surface area contributed by atoms with Gasteiger partial charge in [0.2, 0.25) is 0 Å². The minimum Gasteiger partial charge on any atom is -0.508 e. The van der Waals surface area contributed by atoms with Gasteiger partial charge in [0.25, 0.3) is 0 Å². The number of fused-ring (bicyclic) bond motifs is 1. The normalized spacial score (nSPS) is 26.6. The van der Waals surface area contributed by atoms with Crippen molar-refractivity contribution in [3.05, 3.63) is 59.0 Å². The van der Waals surface area contributed by atoms with E-state index < -0.39 is 0 Å². The van der Waals surface area contributed by atoms with Crippen LogP contribution in [-0.2, 0) is 19.3 Å². The number of phenols is 1. The van der Waals surface area contributed by atoms with Crippen LogP contribution in [0.4, 0.5) is 5.82 Å². The van der Waals surface area contributed by atoms with E-state index in [1.807, 2.05) is 18.2 Å². The zero-order valence-electron chi connectivity index (χ0n) is 25.6. The monoisotopic (exact) mass is 555 g/mol. The Bertz CT molecular complexity index is 1360. The lowest BCUT2D eigenvalue weighted by atomic mass is 9.97. The van der Waals surface area contributed by atoms with E-state index >= 15 is 0 Å². The van der Waals surface area contributed by atoms with Crippen molar-refractivity contribution in [1.29, 1.82) is 0 Å². The second-order valence-electron chi connectivity index (χ2n) is 13.1. The highest BCUT2D eigenvalue weighted by Gasteiger charge is 2.43.